The SMILES string of the molecule is CCCCCCCCCCCCCCCCCCCCCCCCCCCCCCCCCCCC(=O)NC(CO)C(O)CCCCCCCC. The van der Waals surface area contributed by atoms with Crippen molar-refractivity contribution in [3.8, 4) is 0 Å². The number of rotatable bonds is 44. The van der Waals surface area contributed by atoms with E-state index in [1.807, 2.05) is 0 Å². The van der Waals surface area contributed by atoms with E-state index in [2.05, 4.69) is 19.2 Å². The van der Waals surface area contributed by atoms with Gasteiger partial charge in [0.15, 0.2) is 0 Å². The lowest BCUT2D eigenvalue weighted by molar-refractivity contribution is -0.123. The highest BCUT2D eigenvalue weighted by Gasteiger charge is 2.20. The van der Waals surface area contributed by atoms with Gasteiger partial charge in [0.1, 0.15) is 0 Å². The molecule has 0 rings (SSSR count). The molecule has 4 heteroatoms. The normalized spacial score (nSPS) is 12.8. The average Bonchev–Trinajstić information content (AvgIpc) is 3.13. The summed E-state index contributed by atoms with van der Waals surface area (Å²) in [5.74, 6) is -0.0308. The molecule has 0 heterocycles. The zero-order chi connectivity index (χ0) is 37.1. The zero-order valence-corrected chi connectivity index (χ0v) is 35.2. The van der Waals surface area contributed by atoms with E-state index in [1.165, 1.54) is 225 Å². The number of carbonyl (C=O) groups is 1. The molecule has 2 atom stereocenters. The number of carbonyl (C=O) groups excluding carboxylic acids is 1. The smallest absolute Gasteiger partial charge is 0.220 e. The molecule has 0 aliphatic carbocycles. The van der Waals surface area contributed by atoms with Gasteiger partial charge >= 0.3 is 0 Å². The van der Waals surface area contributed by atoms with Gasteiger partial charge in [0, 0.05) is 6.42 Å². The Bertz CT molecular complexity index is 655. The van der Waals surface area contributed by atoms with Gasteiger partial charge in [-0.2, -0.15) is 0 Å². The summed E-state index contributed by atoms with van der Waals surface area (Å²) in [6.07, 6.45) is 53.9. The fourth-order valence-electron chi connectivity index (χ4n) is 7.72. The minimum absolute atomic E-state index is 0.0308. The lowest BCUT2D eigenvalue weighted by atomic mass is 10.0. The Morgan fingerprint density at radius 1 is 0.392 bits per heavy atom. The van der Waals surface area contributed by atoms with Crippen LogP contribution in [0.1, 0.15) is 277 Å². The first kappa shape index (κ1) is 50.4. The molecule has 51 heavy (non-hydrogen) atoms. The molecule has 2 unspecified atom stereocenters. The van der Waals surface area contributed by atoms with Gasteiger partial charge in [-0.3, -0.25) is 4.79 Å². The van der Waals surface area contributed by atoms with Crippen molar-refractivity contribution in [1.29, 1.82) is 0 Å². The Labute approximate surface area is 321 Å². The summed E-state index contributed by atoms with van der Waals surface area (Å²) in [6, 6.07) is -0.527. The van der Waals surface area contributed by atoms with E-state index in [-0.39, 0.29) is 12.5 Å². The highest BCUT2D eigenvalue weighted by Crippen LogP contribution is 2.17. The molecule has 0 bridgehead atoms. The molecule has 0 aromatic heterocycles. The molecule has 0 aromatic carbocycles. The third-order valence-electron chi connectivity index (χ3n) is 11.4. The summed E-state index contributed by atoms with van der Waals surface area (Å²) in [5.41, 5.74) is 0. The van der Waals surface area contributed by atoms with Crippen LogP contribution >= 0.6 is 0 Å². The molecular formula is C47H95NO3. The second kappa shape index (κ2) is 43.8. The number of aliphatic hydroxyl groups excluding tert-OH is 2. The van der Waals surface area contributed by atoms with Crippen LogP contribution in [0, 0.1) is 0 Å². The Morgan fingerprint density at radius 3 is 0.882 bits per heavy atom. The molecule has 0 saturated carbocycles. The van der Waals surface area contributed by atoms with Crippen molar-refractivity contribution >= 4 is 5.91 Å². The third-order valence-corrected chi connectivity index (χ3v) is 11.4. The number of unbranched alkanes of at least 4 members (excludes halogenated alkanes) is 37. The van der Waals surface area contributed by atoms with E-state index in [0.29, 0.717) is 12.8 Å². The predicted octanol–water partition coefficient (Wildman–Crippen LogP) is 14.9. The lowest BCUT2D eigenvalue weighted by Crippen LogP contribution is -2.45. The zero-order valence-electron chi connectivity index (χ0n) is 35.2. The van der Waals surface area contributed by atoms with Crippen LogP contribution < -0.4 is 5.32 Å². The van der Waals surface area contributed by atoms with Gasteiger partial charge < -0.3 is 15.5 Å². The molecule has 0 aliphatic rings. The van der Waals surface area contributed by atoms with Crippen LogP contribution in [0.2, 0.25) is 0 Å². The first-order valence-electron chi connectivity index (χ1n) is 23.7. The molecule has 306 valence electrons. The Kier molecular flexibility index (Phi) is 43.3. The van der Waals surface area contributed by atoms with Crippen LogP contribution in [0.3, 0.4) is 0 Å². The van der Waals surface area contributed by atoms with Crippen LogP contribution in [0.5, 0.6) is 0 Å². The maximum absolute atomic E-state index is 12.3. The van der Waals surface area contributed by atoms with E-state index in [4.69, 9.17) is 0 Å². The van der Waals surface area contributed by atoms with Crippen molar-refractivity contribution in [2.75, 3.05) is 6.61 Å². The number of hydrogen-bond acceptors (Lipinski definition) is 3. The summed E-state index contributed by atoms with van der Waals surface area (Å²) < 4.78 is 0. The monoisotopic (exact) mass is 722 g/mol. The van der Waals surface area contributed by atoms with Gasteiger partial charge in [-0.1, -0.05) is 258 Å². The highest BCUT2D eigenvalue weighted by molar-refractivity contribution is 5.76. The number of aliphatic hydroxyl groups is 2. The average molecular weight is 722 g/mol. The van der Waals surface area contributed by atoms with E-state index < -0.39 is 12.1 Å². The topological polar surface area (TPSA) is 69.6 Å². The van der Waals surface area contributed by atoms with E-state index in [1.54, 1.807) is 0 Å². The van der Waals surface area contributed by atoms with Crippen molar-refractivity contribution < 1.29 is 15.0 Å². The standard InChI is InChI=1S/C47H95NO3/c1-3-5-7-9-11-12-13-14-15-16-17-18-19-20-21-22-23-24-25-26-27-28-29-30-31-32-33-34-35-36-37-39-41-43-47(51)48-45(44-49)46(50)42-40-38-10-8-6-4-2/h45-46,49-50H,3-44H2,1-2H3,(H,48,51). The molecule has 0 radical (unpaired) electrons. The largest absolute Gasteiger partial charge is 0.394 e. The molecule has 0 spiro atoms. The number of hydrogen-bond donors (Lipinski definition) is 3. The van der Waals surface area contributed by atoms with Crippen molar-refractivity contribution in [2.45, 2.75) is 289 Å². The van der Waals surface area contributed by atoms with E-state index in [0.717, 1.165) is 25.7 Å². The minimum atomic E-state index is -0.650. The molecule has 3 N–H and O–H groups in total. The lowest BCUT2D eigenvalue weighted by Gasteiger charge is -2.22. The van der Waals surface area contributed by atoms with Crippen LogP contribution in [0.15, 0.2) is 0 Å². The summed E-state index contributed by atoms with van der Waals surface area (Å²) >= 11 is 0. The van der Waals surface area contributed by atoms with Gasteiger partial charge in [0.05, 0.1) is 18.8 Å². The number of amides is 1. The summed E-state index contributed by atoms with van der Waals surface area (Å²) in [5, 5.41) is 22.9. The van der Waals surface area contributed by atoms with Gasteiger partial charge in [-0.25, -0.2) is 0 Å². The maximum Gasteiger partial charge on any atom is 0.220 e. The van der Waals surface area contributed by atoms with E-state index in [9.17, 15) is 15.0 Å². The predicted molar refractivity (Wildman–Crippen MR) is 226 cm³/mol. The van der Waals surface area contributed by atoms with Crippen LogP contribution in [-0.2, 0) is 4.79 Å². The van der Waals surface area contributed by atoms with Crippen LogP contribution in [0.4, 0.5) is 0 Å². The maximum atomic E-state index is 12.3. The Hall–Kier alpha value is -0.610. The molecule has 1 amide bonds. The van der Waals surface area contributed by atoms with E-state index >= 15 is 0 Å². The Balaban J connectivity index is 3.27. The third kappa shape index (κ3) is 40.4. The highest BCUT2D eigenvalue weighted by atomic mass is 16.3. The molecular weight excluding hydrogens is 627 g/mol. The van der Waals surface area contributed by atoms with Crippen molar-refractivity contribution in [2.24, 2.45) is 0 Å². The molecule has 0 aromatic rings. The first-order valence-corrected chi connectivity index (χ1v) is 23.7. The van der Waals surface area contributed by atoms with Crippen molar-refractivity contribution in [3.05, 3.63) is 0 Å². The Morgan fingerprint density at radius 2 is 0.627 bits per heavy atom. The quantitative estimate of drug-likeness (QED) is 0.0549. The van der Waals surface area contributed by atoms with Gasteiger partial charge in [-0.05, 0) is 12.8 Å². The molecule has 0 fully saturated rings. The number of nitrogens with one attached hydrogen (secondary N) is 1. The van der Waals surface area contributed by atoms with Crippen molar-refractivity contribution in [3.63, 3.8) is 0 Å². The fourth-order valence-corrected chi connectivity index (χ4v) is 7.72. The van der Waals surface area contributed by atoms with Crippen LogP contribution in [-0.4, -0.2) is 34.9 Å². The molecule has 0 saturated heterocycles. The summed E-state index contributed by atoms with van der Waals surface area (Å²) in [4.78, 5) is 12.3. The van der Waals surface area contributed by atoms with Gasteiger partial charge in [0.2, 0.25) is 5.91 Å². The minimum Gasteiger partial charge on any atom is -0.394 e. The fraction of sp³-hybridized carbons (Fsp3) is 0.979. The first-order chi connectivity index (χ1) is 25.2. The second-order valence-corrected chi connectivity index (χ2v) is 16.5. The molecule has 0 aliphatic heterocycles. The van der Waals surface area contributed by atoms with Gasteiger partial charge in [0.25, 0.3) is 0 Å². The van der Waals surface area contributed by atoms with Crippen molar-refractivity contribution in [1.82, 2.24) is 5.32 Å². The summed E-state index contributed by atoms with van der Waals surface area (Å²) in [6.45, 7) is 4.32. The summed E-state index contributed by atoms with van der Waals surface area (Å²) in [7, 11) is 0. The molecule has 4 nitrogen and oxygen atoms in total. The van der Waals surface area contributed by atoms with Crippen LogP contribution in [0.25, 0.3) is 0 Å². The second-order valence-electron chi connectivity index (χ2n) is 16.5. The van der Waals surface area contributed by atoms with Gasteiger partial charge in [-0.15, -0.1) is 0 Å².